The summed E-state index contributed by atoms with van der Waals surface area (Å²) < 4.78 is 0.975. The number of nitrogens with zero attached hydrogens (tertiary/aromatic N) is 1. The van der Waals surface area contributed by atoms with Gasteiger partial charge in [-0.1, -0.05) is 11.6 Å². The van der Waals surface area contributed by atoms with E-state index in [-0.39, 0.29) is 11.9 Å². The van der Waals surface area contributed by atoms with Crippen LogP contribution in [0.2, 0.25) is 5.02 Å². The number of fused-ring (bicyclic) bond motifs is 1. The van der Waals surface area contributed by atoms with Gasteiger partial charge in [0.2, 0.25) is 0 Å². The van der Waals surface area contributed by atoms with Crippen molar-refractivity contribution in [3.8, 4) is 0 Å². The van der Waals surface area contributed by atoms with Crippen molar-refractivity contribution in [3.05, 3.63) is 28.1 Å². The summed E-state index contributed by atoms with van der Waals surface area (Å²) in [5.41, 5.74) is 6.60. The van der Waals surface area contributed by atoms with Crippen LogP contribution in [0.3, 0.4) is 0 Å². The summed E-state index contributed by atoms with van der Waals surface area (Å²) in [7, 11) is 4.03. The molecule has 1 aromatic carbocycles. The molecule has 0 aliphatic heterocycles. The maximum Gasteiger partial charge on any atom is 0.263 e. The first-order valence-electron chi connectivity index (χ1n) is 6.81. The number of nitrogen functional groups attached to an aromatic ring is 1. The Balaban J connectivity index is 2.14. The van der Waals surface area contributed by atoms with Crippen molar-refractivity contribution < 1.29 is 4.79 Å². The topological polar surface area (TPSA) is 58.4 Å². The van der Waals surface area contributed by atoms with Crippen molar-refractivity contribution >= 4 is 44.6 Å². The van der Waals surface area contributed by atoms with E-state index in [0.717, 1.165) is 23.1 Å². The highest BCUT2D eigenvalue weighted by Crippen LogP contribution is 2.35. The molecule has 0 aliphatic rings. The zero-order valence-corrected chi connectivity index (χ0v) is 14.0. The van der Waals surface area contributed by atoms with Gasteiger partial charge < -0.3 is 16.0 Å². The molecule has 0 fully saturated rings. The summed E-state index contributed by atoms with van der Waals surface area (Å²) in [5.74, 6) is -0.115. The lowest BCUT2D eigenvalue weighted by Gasteiger charge is -2.16. The highest BCUT2D eigenvalue weighted by atomic mass is 35.5. The van der Waals surface area contributed by atoms with Gasteiger partial charge in [0.15, 0.2) is 0 Å². The molecule has 6 heteroatoms. The number of carbonyl (C=O) groups is 1. The lowest BCUT2D eigenvalue weighted by Crippen LogP contribution is -2.34. The third-order valence-corrected chi connectivity index (χ3v) is 4.70. The number of amides is 1. The van der Waals surface area contributed by atoms with Crippen molar-refractivity contribution in [1.29, 1.82) is 0 Å². The van der Waals surface area contributed by atoms with E-state index >= 15 is 0 Å². The molecule has 0 aliphatic carbocycles. The predicted octanol–water partition coefficient (Wildman–Crippen LogP) is 3.21. The second-order valence-electron chi connectivity index (χ2n) is 5.45. The molecule has 0 bridgehead atoms. The molecule has 0 saturated heterocycles. The second kappa shape index (κ2) is 6.64. The van der Waals surface area contributed by atoms with E-state index in [1.807, 2.05) is 27.1 Å². The molecule has 0 saturated carbocycles. The Bertz CT molecular complexity index is 654. The maximum absolute atomic E-state index is 12.3. The van der Waals surface area contributed by atoms with Gasteiger partial charge in [-0.15, -0.1) is 11.3 Å². The number of thiophene rings is 1. The number of rotatable bonds is 5. The first-order chi connectivity index (χ1) is 9.88. The third-order valence-electron chi connectivity index (χ3n) is 3.28. The average Bonchev–Trinajstić information content (AvgIpc) is 2.74. The van der Waals surface area contributed by atoms with Crippen LogP contribution in [0.4, 0.5) is 5.69 Å². The summed E-state index contributed by atoms with van der Waals surface area (Å²) in [4.78, 5) is 15.0. The highest BCUT2D eigenvalue weighted by Gasteiger charge is 2.18. The number of halogens is 1. The minimum absolute atomic E-state index is 0.105. The van der Waals surface area contributed by atoms with E-state index in [4.69, 9.17) is 17.3 Å². The lowest BCUT2D eigenvalue weighted by atomic mass is 10.2. The standard InChI is InChI=1S/C15H20ClN3OS/c1-9(6-7-19(2)3)18-15(20)14-13(17)11-8-10(16)4-5-12(11)21-14/h4-5,8-9H,6-7,17H2,1-3H3,(H,18,20). The van der Waals surface area contributed by atoms with Gasteiger partial charge in [0.1, 0.15) is 4.88 Å². The summed E-state index contributed by atoms with van der Waals surface area (Å²) in [6, 6.07) is 5.61. The number of hydrogen-bond acceptors (Lipinski definition) is 4. The number of carbonyl (C=O) groups excluding carboxylic acids is 1. The monoisotopic (exact) mass is 325 g/mol. The lowest BCUT2D eigenvalue weighted by molar-refractivity contribution is 0.0942. The van der Waals surface area contributed by atoms with Gasteiger partial charge in [-0.3, -0.25) is 4.79 Å². The quantitative estimate of drug-likeness (QED) is 0.887. The summed E-state index contributed by atoms with van der Waals surface area (Å²) >= 11 is 7.38. The highest BCUT2D eigenvalue weighted by molar-refractivity contribution is 7.21. The fraction of sp³-hybridized carbons (Fsp3) is 0.400. The Kier molecular flexibility index (Phi) is 5.08. The first kappa shape index (κ1) is 16.1. The van der Waals surface area contributed by atoms with E-state index in [0.29, 0.717) is 15.6 Å². The van der Waals surface area contributed by atoms with E-state index < -0.39 is 0 Å². The summed E-state index contributed by atoms with van der Waals surface area (Å²) in [5, 5.41) is 4.47. The molecular formula is C15H20ClN3OS. The fourth-order valence-corrected chi connectivity index (χ4v) is 3.25. The van der Waals surface area contributed by atoms with Crippen molar-refractivity contribution in [2.75, 3.05) is 26.4 Å². The Hall–Kier alpha value is -1.30. The molecule has 3 N–H and O–H groups in total. The predicted molar refractivity (Wildman–Crippen MR) is 91.3 cm³/mol. The van der Waals surface area contributed by atoms with E-state index in [1.165, 1.54) is 11.3 Å². The number of benzene rings is 1. The van der Waals surface area contributed by atoms with Gasteiger partial charge in [0, 0.05) is 21.2 Å². The van der Waals surface area contributed by atoms with E-state index in [2.05, 4.69) is 10.2 Å². The van der Waals surface area contributed by atoms with Crippen LogP contribution in [0.25, 0.3) is 10.1 Å². The first-order valence-corrected chi connectivity index (χ1v) is 8.01. The Morgan fingerprint density at radius 3 is 2.86 bits per heavy atom. The molecule has 1 heterocycles. The molecule has 1 atom stereocenters. The average molecular weight is 326 g/mol. The third kappa shape index (κ3) is 3.87. The van der Waals surface area contributed by atoms with Gasteiger partial charge in [-0.2, -0.15) is 0 Å². The minimum atomic E-state index is -0.115. The molecule has 2 rings (SSSR count). The van der Waals surface area contributed by atoms with Crippen molar-refractivity contribution in [2.45, 2.75) is 19.4 Å². The van der Waals surface area contributed by atoms with Crippen molar-refractivity contribution in [3.63, 3.8) is 0 Å². The van der Waals surface area contributed by atoms with E-state index in [1.54, 1.807) is 12.1 Å². The molecule has 1 amide bonds. The van der Waals surface area contributed by atoms with Crippen LogP contribution < -0.4 is 11.1 Å². The Labute approximate surface area is 133 Å². The molecule has 0 radical (unpaired) electrons. The smallest absolute Gasteiger partial charge is 0.263 e. The summed E-state index contributed by atoms with van der Waals surface area (Å²) in [6.07, 6.45) is 0.898. The molecule has 1 aromatic heterocycles. The molecule has 4 nitrogen and oxygen atoms in total. The normalized spacial score (nSPS) is 12.8. The zero-order chi connectivity index (χ0) is 15.6. The van der Waals surface area contributed by atoms with Crippen molar-refractivity contribution in [1.82, 2.24) is 10.2 Å². The fourth-order valence-electron chi connectivity index (χ4n) is 2.07. The number of nitrogens with two attached hydrogens (primary N) is 1. The van der Waals surface area contributed by atoms with E-state index in [9.17, 15) is 4.79 Å². The van der Waals surface area contributed by atoms with Crippen LogP contribution in [-0.2, 0) is 0 Å². The Morgan fingerprint density at radius 1 is 1.48 bits per heavy atom. The van der Waals surface area contributed by atoms with Crippen molar-refractivity contribution in [2.24, 2.45) is 0 Å². The van der Waals surface area contributed by atoms with Gasteiger partial charge in [0.25, 0.3) is 5.91 Å². The second-order valence-corrected chi connectivity index (χ2v) is 6.94. The number of hydrogen-bond donors (Lipinski definition) is 2. The number of anilines is 1. The molecule has 21 heavy (non-hydrogen) atoms. The van der Waals surface area contributed by atoms with Crippen LogP contribution in [0.5, 0.6) is 0 Å². The molecule has 114 valence electrons. The van der Waals surface area contributed by atoms with Gasteiger partial charge in [0.05, 0.1) is 5.69 Å². The van der Waals surface area contributed by atoms with Crippen LogP contribution in [0, 0.1) is 0 Å². The van der Waals surface area contributed by atoms with Crippen LogP contribution >= 0.6 is 22.9 Å². The van der Waals surface area contributed by atoms with Crippen LogP contribution in [0.1, 0.15) is 23.0 Å². The van der Waals surface area contributed by atoms with Gasteiger partial charge >= 0.3 is 0 Å². The SMILES string of the molecule is CC(CCN(C)C)NC(=O)c1sc2ccc(Cl)cc2c1N. The largest absolute Gasteiger partial charge is 0.397 e. The molecule has 0 spiro atoms. The van der Waals surface area contributed by atoms with Crippen LogP contribution in [0.15, 0.2) is 18.2 Å². The molecule has 2 aromatic rings. The molecule has 1 unspecified atom stereocenters. The van der Waals surface area contributed by atoms with Gasteiger partial charge in [-0.05, 0) is 52.2 Å². The van der Waals surface area contributed by atoms with Gasteiger partial charge in [-0.25, -0.2) is 0 Å². The minimum Gasteiger partial charge on any atom is -0.397 e. The maximum atomic E-state index is 12.3. The summed E-state index contributed by atoms with van der Waals surface area (Å²) in [6.45, 7) is 2.93. The van der Waals surface area contributed by atoms with Crippen LogP contribution in [-0.4, -0.2) is 37.5 Å². The molecular weight excluding hydrogens is 306 g/mol. The number of nitrogens with one attached hydrogen (secondary N) is 1. The Morgan fingerprint density at radius 2 is 2.19 bits per heavy atom. The zero-order valence-electron chi connectivity index (χ0n) is 12.4.